The van der Waals surface area contributed by atoms with Crippen LogP contribution in [0.4, 0.5) is 5.82 Å². The Bertz CT molecular complexity index is 571. The molecule has 0 amide bonds. The number of carbonyl (C=O) groups excluding carboxylic acids is 1. The maximum atomic E-state index is 11.0. The minimum atomic E-state index is -0.961. The molecule has 0 aliphatic carbocycles. The van der Waals surface area contributed by atoms with Crippen molar-refractivity contribution in [2.75, 3.05) is 5.73 Å². The first-order valence-electron chi connectivity index (χ1n) is 5.20. The maximum absolute atomic E-state index is 11.0. The van der Waals surface area contributed by atoms with Crippen LogP contribution in [0.1, 0.15) is 16.8 Å². The number of carbonyl (C=O) groups is 2. The topological polar surface area (TPSA) is 111 Å². The molecule has 0 atom stereocenters. The fourth-order valence-electron chi connectivity index (χ4n) is 1.57. The third kappa shape index (κ3) is 2.10. The van der Waals surface area contributed by atoms with Gasteiger partial charge in [0.2, 0.25) is 0 Å². The van der Waals surface area contributed by atoms with E-state index < -0.39 is 5.97 Å². The Morgan fingerprint density at radius 2 is 2.39 bits per heavy atom. The number of anilines is 1. The number of carboxylic acid groups (broad SMARTS) is 1. The normalized spacial score (nSPS) is 10.4. The molecule has 2 aromatic rings. The molecule has 0 spiro atoms. The van der Waals surface area contributed by atoms with Gasteiger partial charge in [0.05, 0.1) is 24.8 Å². The highest BCUT2D eigenvalue weighted by molar-refractivity contribution is 5.90. The van der Waals surface area contributed by atoms with Gasteiger partial charge in [-0.25, -0.2) is 4.68 Å². The van der Waals surface area contributed by atoms with Crippen molar-refractivity contribution in [3.63, 3.8) is 0 Å². The number of rotatable bonds is 5. The monoisotopic (exact) mass is 249 g/mol. The lowest BCUT2D eigenvalue weighted by Gasteiger charge is -2.00. The summed E-state index contributed by atoms with van der Waals surface area (Å²) in [5, 5.41) is 12.7. The molecule has 18 heavy (non-hydrogen) atoms. The highest BCUT2D eigenvalue weighted by Gasteiger charge is 2.18. The zero-order chi connectivity index (χ0) is 13.1. The number of hydrogen-bond donors (Lipinski definition) is 2. The van der Waals surface area contributed by atoms with E-state index in [2.05, 4.69) is 5.10 Å². The summed E-state index contributed by atoms with van der Waals surface area (Å²) in [5.41, 5.74) is 6.26. The Kier molecular flexibility index (Phi) is 3.13. The summed E-state index contributed by atoms with van der Waals surface area (Å²) in [6, 6.07) is 3.31. The van der Waals surface area contributed by atoms with Crippen molar-refractivity contribution in [3.05, 3.63) is 24.0 Å². The minimum absolute atomic E-state index is 0.0999. The molecule has 0 radical (unpaired) electrons. The van der Waals surface area contributed by atoms with Crippen molar-refractivity contribution >= 4 is 18.1 Å². The molecule has 7 nitrogen and oxygen atoms in total. The first kappa shape index (κ1) is 11.9. The van der Waals surface area contributed by atoms with E-state index in [9.17, 15) is 9.59 Å². The first-order valence-corrected chi connectivity index (χ1v) is 5.20. The summed E-state index contributed by atoms with van der Waals surface area (Å²) in [7, 11) is 0. The van der Waals surface area contributed by atoms with Crippen molar-refractivity contribution < 1.29 is 19.1 Å². The molecule has 0 aliphatic rings. The zero-order valence-electron chi connectivity index (χ0n) is 9.37. The molecule has 0 aromatic carbocycles. The van der Waals surface area contributed by atoms with Gasteiger partial charge < -0.3 is 15.3 Å². The molecule has 0 bridgehead atoms. The van der Waals surface area contributed by atoms with E-state index >= 15 is 0 Å². The standard InChI is InChI=1S/C11H11N3O4/c12-11-7(6-15)10(8-2-1-5-18-8)13-14(11)4-3-9(16)17/h1-2,5-6H,3-4,12H2,(H,16,17). The van der Waals surface area contributed by atoms with Crippen LogP contribution in [0, 0.1) is 0 Å². The fraction of sp³-hybridized carbons (Fsp3) is 0.182. The number of nitrogen functional groups attached to an aromatic ring is 1. The number of hydrogen-bond acceptors (Lipinski definition) is 5. The lowest BCUT2D eigenvalue weighted by Crippen LogP contribution is -2.09. The van der Waals surface area contributed by atoms with Crippen molar-refractivity contribution in [2.24, 2.45) is 0 Å². The summed E-state index contributed by atoms with van der Waals surface area (Å²) in [6.07, 6.45) is 1.91. The van der Waals surface area contributed by atoms with Crippen molar-refractivity contribution in [1.82, 2.24) is 9.78 Å². The maximum Gasteiger partial charge on any atom is 0.305 e. The second-order valence-electron chi connectivity index (χ2n) is 3.61. The SMILES string of the molecule is Nc1c(C=O)c(-c2ccco2)nn1CCC(=O)O. The molecule has 2 aromatic heterocycles. The second kappa shape index (κ2) is 4.74. The Labute approximate surface area is 102 Å². The van der Waals surface area contributed by atoms with Crippen LogP contribution in [0.5, 0.6) is 0 Å². The molecule has 0 saturated carbocycles. The third-order valence-electron chi connectivity index (χ3n) is 2.44. The number of nitrogens with zero attached hydrogens (tertiary/aromatic N) is 2. The van der Waals surface area contributed by atoms with Crippen LogP contribution in [-0.4, -0.2) is 27.1 Å². The first-order chi connectivity index (χ1) is 8.63. The van der Waals surface area contributed by atoms with E-state index in [1.54, 1.807) is 12.1 Å². The molecule has 7 heteroatoms. The van der Waals surface area contributed by atoms with Gasteiger partial charge in [0.25, 0.3) is 0 Å². The molecule has 2 rings (SSSR count). The van der Waals surface area contributed by atoms with Crippen LogP contribution in [0.25, 0.3) is 11.5 Å². The summed E-state index contributed by atoms with van der Waals surface area (Å²) >= 11 is 0. The molecule has 94 valence electrons. The lowest BCUT2D eigenvalue weighted by atomic mass is 10.2. The van der Waals surface area contributed by atoms with Crippen LogP contribution in [0.2, 0.25) is 0 Å². The molecular weight excluding hydrogens is 238 g/mol. The summed E-state index contributed by atoms with van der Waals surface area (Å²) < 4.78 is 6.44. The van der Waals surface area contributed by atoms with E-state index in [0.29, 0.717) is 17.7 Å². The zero-order valence-corrected chi connectivity index (χ0v) is 9.37. The number of furan rings is 1. The Balaban J connectivity index is 2.39. The number of aliphatic carboxylic acids is 1. The van der Waals surface area contributed by atoms with Crippen LogP contribution in [0.3, 0.4) is 0 Å². The summed E-state index contributed by atoms with van der Waals surface area (Å²) in [6.45, 7) is 0.0999. The number of aryl methyl sites for hydroxylation is 1. The summed E-state index contributed by atoms with van der Waals surface area (Å²) in [4.78, 5) is 21.5. The predicted molar refractivity (Wildman–Crippen MR) is 62.0 cm³/mol. The molecule has 0 saturated heterocycles. The van der Waals surface area contributed by atoms with Gasteiger partial charge in [-0.3, -0.25) is 9.59 Å². The minimum Gasteiger partial charge on any atom is -0.481 e. The third-order valence-corrected chi connectivity index (χ3v) is 2.44. The van der Waals surface area contributed by atoms with Gasteiger partial charge in [-0.15, -0.1) is 0 Å². The van der Waals surface area contributed by atoms with Gasteiger partial charge in [-0.2, -0.15) is 5.10 Å². The van der Waals surface area contributed by atoms with Gasteiger partial charge in [0.15, 0.2) is 12.0 Å². The van der Waals surface area contributed by atoms with Crippen LogP contribution in [-0.2, 0) is 11.3 Å². The second-order valence-corrected chi connectivity index (χ2v) is 3.61. The van der Waals surface area contributed by atoms with Crippen molar-refractivity contribution in [1.29, 1.82) is 0 Å². The molecular formula is C11H11N3O4. The summed E-state index contributed by atoms with van der Waals surface area (Å²) in [5.74, 6) is -0.410. The molecule has 0 fully saturated rings. The molecule has 0 unspecified atom stereocenters. The van der Waals surface area contributed by atoms with Crippen molar-refractivity contribution in [2.45, 2.75) is 13.0 Å². The highest BCUT2D eigenvalue weighted by Crippen LogP contribution is 2.26. The van der Waals surface area contributed by atoms with Gasteiger partial charge in [-0.05, 0) is 12.1 Å². The number of carboxylic acids is 1. The van der Waals surface area contributed by atoms with Gasteiger partial charge in [0.1, 0.15) is 11.5 Å². The van der Waals surface area contributed by atoms with Crippen LogP contribution < -0.4 is 5.73 Å². The average Bonchev–Trinajstić information content (AvgIpc) is 2.94. The number of aromatic nitrogens is 2. The Hall–Kier alpha value is -2.57. The number of aldehydes is 1. The quantitative estimate of drug-likeness (QED) is 0.765. The van der Waals surface area contributed by atoms with E-state index in [-0.39, 0.29) is 24.3 Å². The van der Waals surface area contributed by atoms with E-state index in [1.165, 1.54) is 10.9 Å². The molecule has 2 heterocycles. The lowest BCUT2D eigenvalue weighted by molar-refractivity contribution is -0.137. The Morgan fingerprint density at radius 3 is 2.94 bits per heavy atom. The highest BCUT2D eigenvalue weighted by atomic mass is 16.4. The largest absolute Gasteiger partial charge is 0.481 e. The van der Waals surface area contributed by atoms with E-state index in [0.717, 1.165) is 0 Å². The molecule has 0 aliphatic heterocycles. The fourth-order valence-corrected chi connectivity index (χ4v) is 1.57. The van der Waals surface area contributed by atoms with Gasteiger partial charge >= 0.3 is 5.97 Å². The van der Waals surface area contributed by atoms with Crippen LogP contribution >= 0.6 is 0 Å². The average molecular weight is 249 g/mol. The predicted octanol–water partition coefficient (Wildman–Crippen LogP) is 1.01. The van der Waals surface area contributed by atoms with Gasteiger partial charge in [-0.1, -0.05) is 0 Å². The van der Waals surface area contributed by atoms with E-state index in [1.807, 2.05) is 0 Å². The van der Waals surface area contributed by atoms with E-state index in [4.69, 9.17) is 15.3 Å². The van der Waals surface area contributed by atoms with Gasteiger partial charge in [0, 0.05) is 0 Å². The molecule has 3 N–H and O–H groups in total. The Morgan fingerprint density at radius 1 is 1.61 bits per heavy atom. The number of nitrogens with two attached hydrogens (primary N) is 1. The van der Waals surface area contributed by atoms with Crippen molar-refractivity contribution in [3.8, 4) is 11.5 Å². The van der Waals surface area contributed by atoms with Crippen LogP contribution in [0.15, 0.2) is 22.8 Å². The smallest absolute Gasteiger partial charge is 0.305 e.